The monoisotopic (exact) mass is 476 g/mol. The van der Waals surface area contributed by atoms with Gasteiger partial charge in [-0.25, -0.2) is 13.1 Å². The first kappa shape index (κ1) is 24.5. The van der Waals surface area contributed by atoms with Crippen LogP contribution in [-0.4, -0.2) is 36.5 Å². The second-order valence-corrected chi connectivity index (χ2v) is 9.93. The molecule has 1 fully saturated rings. The largest absolute Gasteiger partial charge is 0.507 e. The minimum Gasteiger partial charge on any atom is -0.507 e. The summed E-state index contributed by atoms with van der Waals surface area (Å²) >= 11 is 0. The molecule has 0 heterocycles. The fraction of sp³-hybridized carbons (Fsp3) is 0.391. The Morgan fingerprint density at radius 2 is 1.70 bits per heavy atom. The smallest absolute Gasteiger partial charge is 0.312 e. The Morgan fingerprint density at radius 1 is 1.06 bits per heavy atom. The molecule has 1 amide bonds. The van der Waals surface area contributed by atoms with E-state index < -0.39 is 28.3 Å². The van der Waals surface area contributed by atoms with Gasteiger partial charge in [0.05, 0.1) is 0 Å². The minimum absolute atomic E-state index is 0.152. The number of aromatic hydroxyl groups is 1. The molecule has 2 aromatic carbocycles. The number of carbonyl (C=O) groups is 2. The van der Waals surface area contributed by atoms with Crippen LogP contribution in [0.15, 0.2) is 35.2 Å². The normalized spacial score (nSPS) is 14.6. The summed E-state index contributed by atoms with van der Waals surface area (Å²) in [6.07, 6.45) is 3.92. The number of hydrogen-bond acceptors (Lipinski definition) is 6. The number of anilines is 1. The number of rotatable bonds is 8. The molecule has 4 N–H and O–H groups in total. The molecule has 178 valence electrons. The number of benzene rings is 2. The predicted octanol–water partition coefficient (Wildman–Crippen LogP) is 3.83. The number of sulfonamides is 1. The summed E-state index contributed by atoms with van der Waals surface area (Å²) < 4.78 is 34.4. The van der Waals surface area contributed by atoms with Crippen LogP contribution in [0.25, 0.3) is 0 Å². The van der Waals surface area contributed by atoms with Crippen molar-refractivity contribution in [2.45, 2.75) is 63.3 Å². The lowest BCUT2D eigenvalue weighted by molar-refractivity contribution is -0.139. The van der Waals surface area contributed by atoms with Gasteiger partial charge in [-0.2, -0.15) is 0 Å². The van der Waals surface area contributed by atoms with Crippen LogP contribution >= 0.6 is 0 Å². The third kappa shape index (κ3) is 6.45. The van der Waals surface area contributed by atoms with E-state index in [1.165, 1.54) is 18.2 Å². The van der Waals surface area contributed by atoms with E-state index in [9.17, 15) is 23.1 Å². The first-order valence-corrected chi connectivity index (χ1v) is 12.2. The quantitative estimate of drug-likeness (QED) is 0.424. The molecule has 1 aliphatic rings. The van der Waals surface area contributed by atoms with Gasteiger partial charge in [-0.3, -0.25) is 9.59 Å². The van der Waals surface area contributed by atoms with Crippen molar-refractivity contribution >= 4 is 27.6 Å². The molecular weight excluding hydrogens is 448 g/mol. The fourth-order valence-corrected chi connectivity index (χ4v) is 5.34. The maximum absolute atomic E-state index is 12.9. The summed E-state index contributed by atoms with van der Waals surface area (Å²) in [4.78, 5) is 22.1. The molecular formula is C23H28N2O7S. The predicted molar refractivity (Wildman–Crippen MR) is 122 cm³/mol. The van der Waals surface area contributed by atoms with E-state index in [0.29, 0.717) is 22.6 Å². The van der Waals surface area contributed by atoms with E-state index in [0.717, 1.165) is 32.1 Å². The molecule has 0 unspecified atom stereocenters. The molecule has 0 bridgehead atoms. The zero-order chi connectivity index (χ0) is 24.2. The second-order valence-electron chi connectivity index (χ2n) is 8.25. The van der Waals surface area contributed by atoms with Gasteiger partial charge in [0, 0.05) is 17.8 Å². The zero-order valence-electron chi connectivity index (χ0n) is 18.6. The molecule has 1 saturated carbocycles. The number of carboxylic acids is 1. The molecule has 1 aliphatic carbocycles. The lowest BCUT2D eigenvalue weighted by Crippen LogP contribution is -2.36. The lowest BCUT2D eigenvalue weighted by Gasteiger charge is -2.23. The maximum atomic E-state index is 12.9. The van der Waals surface area contributed by atoms with E-state index in [2.05, 4.69) is 10.0 Å². The van der Waals surface area contributed by atoms with Crippen LogP contribution in [-0.2, 0) is 19.6 Å². The summed E-state index contributed by atoms with van der Waals surface area (Å²) in [5.74, 6) is -1.55. The molecule has 0 radical (unpaired) electrons. The Bertz CT molecular complexity index is 1130. The van der Waals surface area contributed by atoms with Gasteiger partial charge in [-0.1, -0.05) is 19.3 Å². The zero-order valence-corrected chi connectivity index (χ0v) is 19.4. The van der Waals surface area contributed by atoms with Crippen LogP contribution in [0.4, 0.5) is 5.69 Å². The van der Waals surface area contributed by atoms with Crippen LogP contribution < -0.4 is 14.8 Å². The van der Waals surface area contributed by atoms with Crippen molar-refractivity contribution in [1.29, 1.82) is 0 Å². The number of phenolic OH excluding ortho intramolecular Hbond substituents is 1. The van der Waals surface area contributed by atoms with Crippen LogP contribution in [0.1, 0.15) is 49.7 Å². The van der Waals surface area contributed by atoms with Crippen molar-refractivity contribution in [2.75, 3.05) is 5.32 Å². The number of ether oxygens (including phenoxy) is 1. The number of amides is 1. The molecule has 9 nitrogen and oxygen atoms in total. The van der Waals surface area contributed by atoms with Crippen LogP contribution in [0.2, 0.25) is 0 Å². The number of carboxylic acid groups (broad SMARTS) is 1. The Balaban J connectivity index is 1.81. The van der Waals surface area contributed by atoms with Crippen molar-refractivity contribution in [3.05, 3.63) is 41.5 Å². The third-order valence-corrected chi connectivity index (χ3v) is 6.97. The molecule has 0 aromatic heterocycles. The van der Waals surface area contributed by atoms with E-state index in [1.54, 1.807) is 26.0 Å². The fourth-order valence-electron chi connectivity index (χ4n) is 3.92. The average molecular weight is 477 g/mol. The van der Waals surface area contributed by atoms with Gasteiger partial charge < -0.3 is 20.3 Å². The first-order chi connectivity index (χ1) is 15.5. The molecule has 33 heavy (non-hydrogen) atoms. The van der Waals surface area contributed by atoms with E-state index in [1.807, 2.05) is 0 Å². The Kier molecular flexibility index (Phi) is 7.60. The number of hydrogen-bond donors (Lipinski definition) is 4. The van der Waals surface area contributed by atoms with Gasteiger partial charge in [-0.05, 0) is 62.1 Å². The van der Waals surface area contributed by atoms with Gasteiger partial charge >= 0.3 is 5.97 Å². The molecule has 0 atom stereocenters. The summed E-state index contributed by atoms with van der Waals surface area (Å²) in [6.45, 7) is 3.50. The van der Waals surface area contributed by atoms with Gasteiger partial charge in [-0.15, -0.1) is 0 Å². The summed E-state index contributed by atoms with van der Waals surface area (Å²) in [7, 11) is -3.93. The van der Waals surface area contributed by atoms with Crippen molar-refractivity contribution in [3.63, 3.8) is 0 Å². The number of phenols is 1. The average Bonchev–Trinajstić information content (AvgIpc) is 2.71. The topological polar surface area (TPSA) is 142 Å². The minimum atomic E-state index is -3.93. The first-order valence-electron chi connectivity index (χ1n) is 10.7. The summed E-state index contributed by atoms with van der Waals surface area (Å²) in [5, 5.41) is 21.5. The Labute approximate surface area is 192 Å². The lowest BCUT2D eigenvalue weighted by atomic mass is 9.96. The van der Waals surface area contributed by atoms with Gasteiger partial charge in [0.1, 0.15) is 28.6 Å². The number of carbonyl (C=O) groups excluding carboxylic acids is 1. The molecule has 0 spiro atoms. The molecule has 10 heteroatoms. The van der Waals surface area contributed by atoms with Crippen molar-refractivity contribution < 1.29 is 33.0 Å². The van der Waals surface area contributed by atoms with Crippen LogP contribution in [0.5, 0.6) is 17.2 Å². The molecule has 0 aliphatic heterocycles. The SMILES string of the molecule is Cc1cc(NC(=O)CC(=O)O)cc(C)c1Oc1ccc(O)c(S(=O)(=O)NC2CCCCC2)c1. The number of nitrogens with one attached hydrogen (secondary N) is 2. The Hall–Kier alpha value is -3.11. The molecule has 3 rings (SSSR count). The van der Waals surface area contributed by atoms with Crippen LogP contribution in [0.3, 0.4) is 0 Å². The highest BCUT2D eigenvalue weighted by Crippen LogP contribution is 2.35. The summed E-state index contributed by atoms with van der Waals surface area (Å²) in [5.41, 5.74) is 1.73. The number of aliphatic carboxylic acids is 1. The highest BCUT2D eigenvalue weighted by molar-refractivity contribution is 7.89. The number of aryl methyl sites for hydroxylation is 2. The van der Waals surface area contributed by atoms with Gasteiger partial charge in [0.2, 0.25) is 15.9 Å². The van der Waals surface area contributed by atoms with E-state index in [4.69, 9.17) is 9.84 Å². The molecule has 0 saturated heterocycles. The molecule has 2 aromatic rings. The van der Waals surface area contributed by atoms with Crippen molar-refractivity contribution in [1.82, 2.24) is 4.72 Å². The van der Waals surface area contributed by atoms with E-state index >= 15 is 0 Å². The van der Waals surface area contributed by atoms with Crippen LogP contribution in [0, 0.1) is 13.8 Å². The highest BCUT2D eigenvalue weighted by Gasteiger charge is 2.25. The van der Waals surface area contributed by atoms with Gasteiger partial charge in [0.15, 0.2) is 0 Å². The standard InChI is InChI=1S/C23H28N2O7S/c1-14-10-17(24-21(27)13-22(28)29)11-15(2)23(14)32-18-8-9-19(26)20(12-18)33(30,31)25-16-6-4-3-5-7-16/h8-12,16,25-26H,3-7,13H2,1-2H3,(H,24,27)(H,28,29). The van der Waals surface area contributed by atoms with Gasteiger partial charge in [0.25, 0.3) is 0 Å². The maximum Gasteiger partial charge on any atom is 0.312 e. The van der Waals surface area contributed by atoms with Crippen molar-refractivity contribution in [2.24, 2.45) is 0 Å². The second kappa shape index (κ2) is 10.2. The summed E-state index contributed by atoms with van der Waals surface area (Å²) in [6, 6.07) is 7.13. The third-order valence-electron chi connectivity index (χ3n) is 5.42. The Morgan fingerprint density at radius 3 is 2.30 bits per heavy atom. The van der Waals surface area contributed by atoms with E-state index in [-0.39, 0.29) is 22.4 Å². The van der Waals surface area contributed by atoms with Crippen molar-refractivity contribution in [3.8, 4) is 17.2 Å². The highest BCUT2D eigenvalue weighted by atomic mass is 32.2.